The topological polar surface area (TPSA) is 100 Å². The van der Waals surface area contributed by atoms with Crippen LogP contribution >= 0.6 is 0 Å². The third kappa shape index (κ3) is 2.93. The monoisotopic (exact) mass is 424 g/mol. The lowest BCUT2D eigenvalue weighted by molar-refractivity contribution is -0.270. The summed E-state index contributed by atoms with van der Waals surface area (Å²) in [6.45, 7) is 0.410. The zero-order chi connectivity index (χ0) is 21.1. The lowest BCUT2D eigenvalue weighted by Gasteiger charge is -2.37. The number of epoxide rings is 1. The normalized spacial score (nSPS) is 31.6. The summed E-state index contributed by atoms with van der Waals surface area (Å²) >= 11 is 0. The zero-order valence-corrected chi connectivity index (χ0v) is 16.5. The molecular weight excluding hydrogens is 402 g/mol. The van der Waals surface area contributed by atoms with E-state index in [-0.39, 0.29) is 18.8 Å². The number of para-hydroxylation sites is 1. The highest BCUT2D eigenvalue weighted by Gasteiger charge is 2.63. The smallest absolute Gasteiger partial charge is 0.352 e. The van der Waals surface area contributed by atoms with Gasteiger partial charge in [-0.1, -0.05) is 48.5 Å². The van der Waals surface area contributed by atoms with E-state index in [9.17, 15) is 14.7 Å². The van der Waals surface area contributed by atoms with Gasteiger partial charge in [-0.25, -0.2) is 23.5 Å². The molecule has 2 saturated heterocycles. The van der Waals surface area contributed by atoms with E-state index < -0.39 is 35.9 Å². The van der Waals surface area contributed by atoms with Crippen LogP contribution in [0.1, 0.15) is 17.9 Å². The fraction of sp³-hybridized carbons (Fsp3) is 0.364. The number of ether oxygens (including phenoxy) is 3. The molecule has 9 nitrogen and oxygen atoms in total. The van der Waals surface area contributed by atoms with Gasteiger partial charge in [-0.3, -0.25) is 0 Å². The van der Waals surface area contributed by atoms with Gasteiger partial charge in [-0.2, -0.15) is 0 Å². The number of hydrogen-bond donors (Lipinski definition) is 1. The van der Waals surface area contributed by atoms with Crippen LogP contribution < -0.4 is 11.4 Å². The number of aliphatic hydroxyl groups excluding tert-OH is 1. The highest BCUT2D eigenvalue weighted by atomic mass is 16.7. The van der Waals surface area contributed by atoms with Gasteiger partial charge in [0.1, 0.15) is 18.8 Å². The van der Waals surface area contributed by atoms with E-state index in [0.29, 0.717) is 12.2 Å². The summed E-state index contributed by atoms with van der Waals surface area (Å²) < 4.78 is 20.4. The maximum absolute atomic E-state index is 13.4. The molecule has 6 atom stereocenters. The number of hydrogen-bond acceptors (Lipinski definition) is 5. The van der Waals surface area contributed by atoms with Crippen molar-refractivity contribution in [2.45, 2.75) is 43.3 Å². The van der Waals surface area contributed by atoms with E-state index >= 15 is 0 Å². The van der Waals surface area contributed by atoms with Crippen molar-refractivity contribution in [3.05, 3.63) is 87.2 Å². The number of fused-ring (bicyclic) bond motifs is 2. The van der Waals surface area contributed by atoms with Gasteiger partial charge in [-0.15, -0.1) is 0 Å². The first kappa shape index (κ1) is 18.8. The van der Waals surface area contributed by atoms with Crippen molar-refractivity contribution in [1.29, 1.82) is 0 Å². The van der Waals surface area contributed by atoms with Crippen molar-refractivity contribution in [1.82, 2.24) is 13.9 Å². The Balaban J connectivity index is 1.43. The molecule has 0 radical (unpaired) electrons. The van der Waals surface area contributed by atoms with Crippen LogP contribution in [0.5, 0.6) is 0 Å². The van der Waals surface area contributed by atoms with Crippen molar-refractivity contribution in [3.8, 4) is 5.69 Å². The summed E-state index contributed by atoms with van der Waals surface area (Å²) in [6, 6.07) is 17.7. The molecule has 0 aliphatic carbocycles. The standard InChI is InChI=1S/C22H21N3O6/c26-15-12-29-20(13-7-3-1-4-8-13)31-18(15)17-19-16(30-19)11-23-21(27)24(22(28)25(17)23)14-9-5-2-6-10-14/h1-10,15-20,26H,11-12H2/p+1/t15-,16?,17-,18-,19?,20-/m1/s1. The fourth-order valence-electron chi connectivity index (χ4n) is 4.69. The molecule has 2 N–H and O–H groups in total. The quantitative estimate of drug-likeness (QED) is 0.475. The van der Waals surface area contributed by atoms with Gasteiger partial charge >= 0.3 is 11.4 Å². The first-order valence-electron chi connectivity index (χ1n) is 10.3. The van der Waals surface area contributed by atoms with Crippen LogP contribution in [0.4, 0.5) is 0 Å². The lowest BCUT2D eigenvalue weighted by atomic mass is 9.98. The minimum absolute atomic E-state index is 0.0660. The summed E-state index contributed by atoms with van der Waals surface area (Å²) in [5.41, 5.74) is 0.459. The van der Waals surface area contributed by atoms with Gasteiger partial charge in [0, 0.05) is 5.56 Å². The highest BCUT2D eigenvalue weighted by molar-refractivity contribution is 5.30. The van der Waals surface area contributed by atoms with E-state index in [0.717, 1.165) is 10.1 Å². The van der Waals surface area contributed by atoms with Crippen molar-refractivity contribution in [2.75, 3.05) is 6.61 Å². The first-order valence-corrected chi connectivity index (χ1v) is 10.3. The molecule has 1 aromatic heterocycles. The number of aliphatic hydroxyl groups is 3. The van der Waals surface area contributed by atoms with Gasteiger partial charge in [0.2, 0.25) is 6.10 Å². The van der Waals surface area contributed by atoms with Gasteiger partial charge in [0.05, 0.1) is 12.3 Å². The Morgan fingerprint density at radius 2 is 1.68 bits per heavy atom. The third-order valence-electron chi connectivity index (χ3n) is 6.22. The Morgan fingerprint density at radius 3 is 2.42 bits per heavy atom. The van der Waals surface area contributed by atoms with Gasteiger partial charge in [0.15, 0.2) is 12.3 Å². The molecule has 0 amide bonds. The summed E-state index contributed by atoms with van der Waals surface area (Å²) in [5.74, 6) is 0. The van der Waals surface area contributed by atoms with Crippen molar-refractivity contribution in [2.24, 2.45) is 0 Å². The lowest BCUT2D eigenvalue weighted by Crippen LogP contribution is -2.52. The Bertz CT molecular complexity index is 1220. The molecule has 3 aliphatic heterocycles. The molecule has 9 heteroatoms. The summed E-state index contributed by atoms with van der Waals surface area (Å²) in [7, 11) is 0. The van der Waals surface area contributed by atoms with Gasteiger partial charge in [0.25, 0.3) is 6.10 Å². The Hall–Kier alpha value is -2.98. The molecule has 0 bridgehead atoms. The molecule has 0 saturated carbocycles. The second-order valence-electron chi connectivity index (χ2n) is 8.10. The van der Waals surface area contributed by atoms with E-state index in [1.165, 1.54) is 9.36 Å². The average molecular weight is 424 g/mol. The van der Waals surface area contributed by atoms with Gasteiger partial charge in [-0.05, 0) is 12.1 Å². The minimum atomic E-state index is -0.949. The number of nitrogens with zero attached hydrogens (tertiary/aromatic N) is 3. The predicted octanol–water partition coefficient (Wildman–Crippen LogP) is 0.109. The Morgan fingerprint density at radius 1 is 0.968 bits per heavy atom. The summed E-state index contributed by atoms with van der Waals surface area (Å²) in [6.07, 6.45) is -2.61. The molecule has 2 fully saturated rings. The number of aromatic nitrogens is 3. The molecule has 3 aromatic rings. The van der Waals surface area contributed by atoms with E-state index in [4.69, 9.17) is 9.47 Å². The second kappa shape index (κ2) is 7.03. The van der Waals surface area contributed by atoms with Crippen LogP contribution in [-0.2, 0) is 16.0 Å². The van der Waals surface area contributed by atoms with Crippen molar-refractivity contribution in [3.63, 3.8) is 0 Å². The van der Waals surface area contributed by atoms with E-state index in [2.05, 4.69) is 4.74 Å². The zero-order valence-electron chi connectivity index (χ0n) is 16.5. The molecular formula is C22H22N3O6+. The molecule has 4 heterocycles. The molecule has 0 spiro atoms. The van der Waals surface area contributed by atoms with Crippen LogP contribution in [0.2, 0.25) is 0 Å². The molecule has 2 aromatic carbocycles. The molecule has 160 valence electrons. The van der Waals surface area contributed by atoms with Crippen LogP contribution in [0.25, 0.3) is 5.69 Å². The Kier molecular flexibility index (Phi) is 4.25. The van der Waals surface area contributed by atoms with E-state index in [1.54, 1.807) is 24.3 Å². The summed E-state index contributed by atoms with van der Waals surface area (Å²) in [4.78, 5) is 26.5. The Labute approximate surface area is 176 Å². The second-order valence-corrected chi connectivity index (χ2v) is 8.10. The van der Waals surface area contributed by atoms with Crippen LogP contribution in [0.3, 0.4) is 0 Å². The largest absolute Gasteiger partial charge is 0.414 e. The number of rotatable bonds is 3. The van der Waals surface area contributed by atoms with E-state index in [1.807, 2.05) is 36.4 Å². The average Bonchev–Trinajstić information content (AvgIpc) is 3.54. The first-order chi connectivity index (χ1) is 15.1. The minimum Gasteiger partial charge on any atom is -0.414 e. The maximum atomic E-state index is 13.4. The molecule has 3 aliphatic rings. The van der Waals surface area contributed by atoms with Crippen LogP contribution in [0, 0.1) is 0 Å². The van der Waals surface area contributed by atoms with Crippen molar-refractivity contribution >= 4 is 0 Å². The van der Waals surface area contributed by atoms with Crippen LogP contribution in [0.15, 0.2) is 70.3 Å². The SMILES string of the molecule is O=c1n(-c2ccccc2)c(=O)n2n1CC1[OH+]C1[C@H]2[C@@H]1O[C@H](c2ccccc2)OC[C@H]1O. The molecule has 6 rings (SSSR count). The third-order valence-corrected chi connectivity index (χ3v) is 6.22. The maximum Gasteiger partial charge on any atom is 0.352 e. The fourth-order valence-corrected chi connectivity index (χ4v) is 4.69. The predicted molar refractivity (Wildman–Crippen MR) is 109 cm³/mol. The van der Waals surface area contributed by atoms with Crippen LogP contribution in [-0.4, -0.2) is 54.8 Å². The van der Waals surface area contributed by atoms with Gasteiger partial charge < -0.3 is 19.3 Å². The van der Waals surface area contributed by atoms with Crippen molar-refractivity contribution < 1.29 is 19.3 Å². The molecule has 31 heavy (non-hydrogen) atoms. The summed E-state index contributed by atoms with van der Waals surface area (Å²) in [5, 5.41) is 10.7. The highest BCUT2D eigenvalue weighted by Crippen LogP contribution is 2.41. The number of benzene rings is 2. The molecule has 2 unspecified atom stereocenters.